The average Bonchev–Trinajstić information content (AvgIpc) is 2.85. The quantitative estimate of drug-likeness (QED) is 0.730. The topological polar surface area (TPSA) is 50.1 Å². The molecule has 0 aliphatic heterocycles. The second-order valence-electron chi connectivity index (χ2n) is 5.22. The number of aromatic amines is 1. The van der Waals surface area contributed by atoms with Gasteiger partial charge in [-0.1, -0.05) is 41.9 Å². The van der Waals surface area contributed by atoms with E-state index in [0.29, 0.717) is 17.1 Å². The van der Waals surface area contributed by atoms with Crippen LogP contribution >= 0.6 is 11.6 Å². The smallest absolute Gasteiger partial charge is 0.280 e. The molecule has 3 aromatic rings. The van der Waals surface area contributed by atoms with Crippen LogP contribution in [-0.2, 0) is 6.54 Å². The van der Waals surface area contributed by atoms with Crippen molar-refractivity contribution in [2.75, 3.05) is 0 Å². The van der Waals surface area contributed by atoms with E-state index in [1.54, 1.807) is 30.5 Å². The van der Waals surface area contributed by atoms with Crippen LogP contribution in [0, 0.1) is 6.92 Å². The molecule has 1 N–H and O–H groups in total. The molecule has 23 heavy (non-hydrogen) atoms. The lowest BCUT2D eigenvalue weighted by molar-refractivity contribution is 0.835. The Hall–Kier alpha value is -2.59. The molecule has 3 rings (SSSR count). The SMILES string of the molecule is Cc1[nH]n(-c2ccc(Cl)cc2)c(=O)c1C=NCc1ccccc1. The molecule has 4 nitrogen and oxygen atoms in total. The Bertz CT molecular complexity index is 877. The maximum absolute atomic E-state index is 12.5. The van der Waals surface area contributed by atoms with Gasteiger partial charge in [0.25, 0.3) is 5.56 Å². The van der Waals surface area contributed by atoms with E-state index in [9.17, 15) is 4.79 Å². The van der Waals surface area contributed by atoms with Crippen molar-refractivity contribution in [3.8, 4) is 5.69 Å². The Morgan fingerprint density at radius 1 is 1.13 bits per heavy atom. The molecule has 116 valence electrons. The number of aromatic nitrogens is 2. The molecule has 0 radical (unpaired) electrons. The summed E-state index contributed by atoms with van der Waals surface area (Å²) < 4.78 is 1.50. The van der Waals surface area contributed by atoms with Crippen LogP contribution in [-0.4, -0.2) is 16.0 Å². The zero-order valence-corrected chi connectivity index (χ0v) is 13.4. The van der Waals surface area contributed by atoms with Crippen molar-refractivity contribution in [2.24, 2.45) is 4.99 Å². The number of hydrogen-bond acceptors (Lipinski definition) is 2. The molecule has 1 heterocycles. The molecular formula is C18H16ClN3O. The number of halogens is 1. The molecule has 0 bridgehead atoms. The molecule has 0 saturated carbocycles. The van der Waals surface area contributed by atoms with Gasteiger partial charge in [0.15, 0.2) is 0 Å². The molecule has 0 aliphatic rings. The molecular weight excluding hydrogens is 310 g/mol. The summed E-state index contributed by atoms with van der Waals surface area (Å²) in [5.74, 6) is 0. The largest absolute Gasteiger partial charge is 0.295 e. The van der Waals surface area contributed by atoms with E-state index in [2.05, 4.69) is 10.1 Å². The fourth-order valence-electron chi connectivity index (χ4n) is 2.31. The lowest BCUT2D eigenvalue weighted by Gasteiger charge is -2.00. The van der Waals surface area contributed by atoms with E-state index in [0.717, 1.165) is 16.9 Å². The van der Waals surface area contributed by atoms with Crippen LogP contribution in [0.1, 0.15) is 16.8 Å². The average molecular weight is 326 g/mol. The van der Waals surface area contributed by atoms with Gasteiger partial charge in [-0.2, -0.15) is 0 Å². The predicted molar refractivity (Wildman–Crippen MR) is 93.9 cm³/mol. The lowest BCUT2D eigenvalue weighted by atomic mass is 10.2. The van der Waals surface area contributed by atoms with Gasteiger partial charge in [-0.05, 0) is 36.8 Å². The first-order chi connectivity index (χ1) is 11.1. The summed E-state index contributed by atoms with van der Waals surface area (Å²) in [5, 5.41) is 3.70. The van der Waals surface area contributed by atoms with Crippen LogP contribution in [0.15, 0.2) is 64.4 Å². The Morgan fingerprint density at radius 2 is 1.83 bits per heavy atom. The highest BCUT2D eigenvalue weighted by Crippen LogP contribution is 2.12. The minimum atomic E-state index is -0.123. The van der Waals surface area contributed by atoms with E-state index < -0.39 is 0 Å². The number of rotatable bonds is 4. The summed E-state index contributed by atoms with van der Waals surface area (Å²) >= 11 is 5.88. The van der Waals surface area contributed by atoms with Gasteiger partial charge >= 0.3 is 0 Å². The third-order valence-corrected chi connectivity index (χ3v) is 3.79. The Balaban J connectivity index is 1.86. The summed E-state index contributed by atoms with van der Waals surface area (Å²) in [7, 11) is 0. The van der Waals surface area contributed by atoms with Gasteiger partial charge in [-0.3, -0.25) is 14.9 Å². The van der Waals surface area contributed by atoms with Crippen molar-refractivity contribution in [3.63, 3.8) is 0 Å². The number of nitrogens with zero attached hydrogens (tertiary/aromatic N) is 2. The molecule has 1 aromatic heterocycles. The highest BCUT2D eigenvalue weighted by Gasteiger charge is 2.10. The molecule has 0 saturated heterocycles. The number of nitrogens with one attached hydrogen (secondary N) is 1. The molecule has 0 unspecified atom stereocenters. The first-order valence-corrected chi connectivity index (χ1v) is 7.64. The van der Waals surface area contributed by atoms with E-state index in [4.69, 9.17) is 11.6 Å². The highest BCUT2D eigenvalue weighted by atomic mass is 35.5. The molecule has 0 amide bonds. The van der Waals surface area contributed by atoms with Crippen molar-refractivity contribution in [1.29, 1.82) is 0 Å². The van der Waals surface area contributed by atoms with Crippen molar-refractivity contribution < 1.29 is 0 Å². The third kappa shape index (κ3) is 3.43. The van der Waals surface area contributed by atoms with Gasteiger partial charge in [-0.15, -0.1) is 0 Å². The molecule has 0 atom stereocenters. The van der Waals surface area contributed by atoms with Gasteiger partial charge in [0, 0.05) is 16.9 Å². The summed E-state index contributed by atoms with van der Waals surface area (Å²) in [6, 6.07) is 17.0. The summed E-state index contributed by atoms with van der Waals surface area (Å²) in [5.41, 5.74) is 3.07. The van der Waals surface area contributed by atoms with Crippen LogP contribution in [0.2, 0.25) is 5.02 Å². The minimum absolute atomic E-state index is 0.123. The minimum Gasteiger partial charge on any atom is -0.295 e. The third-order valence-electron chi connectivity index (χ3n) is 3.54. The Kier molecular flexibility index (Phi) is 4.44. The van der Waals surface area contributed by atoms with Gasteiger partial charge in [-0.25, -0.2) is 4.68 Å². The van der Waals surface area contributed by atoms with E-state index in [1.165, 1.54) is 4.68 Å². The van der Waals surface area contributed by atoms with E-state index in [1.807, 2.05) is 37.3 Å². The zero-order valence-electron chi connectivity index (χ0n) is 12.7. The number of hydrogen-bond donors (Lipinski definition) is 1. The van der Waals surface area contributed by atoms with Crippen LogP contribution < -0.4 is 5.56 Å². The van der Waals surface area contributed by atoms with Crippen LogP contribution in [0.25, 0.3) is 5.69 Å². The molecule has 0 fully saturated rings. The normalized spacial score (nSPS) is 11.2. The van der Waals surface area contributed by atoms with Crippen molar-refractivity contribution in [3.05, 3.63) is 86.8 Å². The zero-order chi connectivity index (χ0) is 16.2. The van der Waals surface area contributed by atoms with Gasteiger partial charge < -0.3 is 0 Å². The van der Waals surface area contributed by atoms with Crippen LogP contribution in [0.5, 0.6) is 0 Å². The number of aryl methyl sites for hydroxylation is 1. The fraction of sp³-hybridized carbons (Fsp3) is 0.111. The van der Waals surface area contributed by atoms with Crippen LogP contribution in [0.3, 0.4) is 0 Å². The Morgan fingerprint density at radius 3 is 2.52 bits per heavy atom. The monoisotopic (exact) mass is 325 g/mol. The van der Waals surface area contributed by atoms with E-state index >= 15 is 0 Å². The van der Waals surface area contributed by atoms with Crippen molar-refractivity contribution in [1.82, 2.24) is 9.78 Å². The fourth-order valence-corrected chi connectivity index (χ4v) is 2.44. The Labute approximate surface area is 139 Å². The van der Waals surface area contributed by atoms with Gasteiger partial charge in [0.1, 0.15) is 0 Å². The number of aliphatic imine (C=N–C) groups is 1. The van der Waals surface area contributed by atoms with Crippen LogP contribution in [0.4, 0.5) is 0 Å². The number of benzene rings is 2. The van der Waals surface area contributed by atoms with Gasteiger partial charge in [0.05, 0.1) is 17.8 Å². The molecule has 0 spiro atoms. The first-order valence-electron chi connectivity index (χ1n) is 7.26. The summed E-state index contributed by atoms with van der Waals surface area (Å²) in [4.78, 5) is 16.9. The van der Waals surface area contributed by atoms with E-state index in [-0.39, 0.29) is 5.56 Å². The van der Waals surface area contributed by atoms with Crippen molar-refractivity contribution >= 4 is 17.8 Å². The first kappa shape index (κ1) is 15.3. The maximum Gasteiger partial charge on any atom is 0.280 e. The standard InChI is InChI=1S/C18H16ClN3O/c1-13-17(12-20-11-14-5-3-2-4-6-14)18(23)22(21-13)16-9-7-15(19)8-10-16/h2-10,12,21H,11H2,1H3. The highest BCUT2D eigenvalue weighted by molar-refractivity contribution is 6.30. The summed E-state index contributed by atoms with van der Waals surface area (Å²) in [6.45, 7) is 2.41. The molecule has 5 heteroatoms. The predicted octanol–water partition coefficient (Wildman–Crippen LogP) is 3.75. The van der Waals surface area contributed by atoms with Gasteiger partial charge in [0.2, 0.25) is 0 Å². The lowest BCUT2D eigenvalue weighted by Crippen LogP contribution is -2.17. The summed E-state index contributed by atoms with van der Waals surface area (Å²) in [6.07, 6.45) is 1.63. The molecule has 0 aliphatic carbocycles. The van der Waals surface area contributed by atoms with Crippen molar-refractivity contribution in [2.45, 2.75) is 13.5 Å². The maximum atomic E-state index is 12.5. The second-order valence-corrected chi connectivity index (χ2v) is 5.66. The molecule has 2 aromatic carbocycles. The second kappa shape index (κ2) is 6.67. The number of H-pyrrole nitrogens is 1.